The smallest absolute Gasteiger partial charge is 0.216 e. The molecule has 23 heavy (non-hydrogen) atoms. The molecule has 0 aromatic carbocycles. The van der Waals surface area contributed by atoms with Gasteiger partial charge in [0.1, 0.15) is 6.61 Å². The molecule has 1 fully saturated rings. The maximum absolute atomic E-state index is 7.93. The molecule has 6 heteroatoms. The molecule has 0 saturated carbocycles. The van der Waals surface area contributed by atoms with E-state index in [1.807, 2.05) is 24.9 Å². The number of thioether (sulfide) groups is 1. The van der Waals surface area contributed by atoms with E-state index in [-0.39, 0.29) is 11.5 Å². The van der Waals surface area contributed by atoms with Gasteiger partial charge in [-0.1, -0.05) is 12.0 Å². The van der Waals surface area contributed by atoms with Crippen molar-refractivity contribution in [3.05, 3.63) is 40.6 Å². The molecule has 3 heterocycles. The summed E-state index contributed by atoms with van der Waals surface area (Å²) < 4.78 is 0. The highest BCUT2D eigenvalue weighted by atomic mass is 32.2. The summed E-state index contributed by atoms with van der Waals surface area (Å²) in [5.74, 6) is 7.54. The molecule has 0 spiro atoms. The monoisotopic (exact) mass is 328 g/mol. The van der Waals surface area contributed by atoms with E-state index in [0.717, 1.165) is 11.3 Å². The summed E-state index contributed by atoms with van der Waals surface area (Å²) in [7, 11) is 1.74. The van der Waals surface area contributed by atoms with Gasteiger partial charge in [-0.15, -0.1) is 17.7 Å². The standard InChI is InChI=1S/C17H20N4OS/c1-4-5-12-6-13(9-19-8-12)14-7-15(23-10-14)17(2)11-22-21(3)16(18)20-17/h6-9,14H,10-11H2,1-3H3,(H2,18,20). The Morgan fingerprint density at radius 3 is 3.09 bits per heavy atom. The van der Waals surface area contributed by atoms with Gasteiger partial charge in [0.2, 0.25) is 5.96 Å². The van der Waals surface area contributed by atoms with Crippen LogP contribution in [0.2, 0.25) is 0 Å². The van der Waals surface area contributed by atoms with Crippen molar-refractivity contribution in [3.63, 3.8) is 0 Å². The fourth-order valence-corrected chi connectivity index (χ4v) is 4.00. The summed E-state index contributed by atoms with van der Waals surface area (Å²) in [6.45, 7) is 4.42. The predicted octanol–water partition coefficient (Wildman–Crippen LogP) is 2.33. The zero-order chi connectivity index (χ0) is 16.4. The molecule has 2 atom stereocenters. The minimum atomic E-state index is -0.350. The van der Waals surface area contributed by atoms with Crippen LogP contribution in [0.5, 0.6) is 0 Å². The van der Waals surface area contributed by atoms with Gasteiger partial charge in [0.25, 0.3) is 0 Å². The molecule has 0 radical (unpaired) electrons. The number of aromatic nitrogens is 1. The molecule has 0 amide bonds. The fourth-order valence-electron chi connectivity index (χ4n) is 2.67. The molecule has 0 bridgehead atoms. The fraction of sp³-hybridized carbons (Fsp3) is 0.412. The first-order valence-corrected chi connectivity index (χ1v) is 8.46. The van der Waals surface area contributed by atoms with Crippen molar-refractivity contribution in [1.82, 2.24) is 15.4 Å². The number of rotatable bonds is 2. The molecule has 0 aliphatic carbocycles. The van der Waals surface area contributed by atoms with E-state index in [1.165, 1.54) is 15.5 Å². The van der Waals surface area contributed by atoms with Crippen LogP contribution < -0.4 is 5.32 Å². The lowest BCUT2D eigenvalue weighted by atomic mass is 9.96. The quantitative estimate of drug-likeness (QED) is 0.816. The van der Waals surface area contributed by atoms with E-state index in [2.05, 4.69) is 41.2 Å². The second kappa shape index (κ2) is 6.26. The predicted molar refractivity (Wildman–Crippen MR) is 93.1 cm³/mol. The van der Waals surface area contributed by atoms with Crippen LogP contribution in [-0.2, 0) is 4.84 Å². The van der Waals surface area contributed by atoms with Crippen molar-refractivity contribution < 1.29 is 4.84 Å². The van der Waals surface area contributed by atoms with Crippen molar-refractivity contribution in [1.29, 1.82) is 5.41 Å². The van der Waals surface area contributed by atoms with Gasteiger partial charge in [-0.3, -0.25) is 15.2 Å². The minimum Gasteiger partial charge on any atom is -0.342 e. The summed E-state index contributed by atoms with van der Waals surface area (Å²) in [4.78, 5) is 11.1. The van der Waals surface area contributed by atoms with Gasteiger partial charge in [-0.25, -0.2) is 5.06 Å². The third kappa shape index (κ3) is 3.21. The summed E-state index contributed by atoms with van der Waals surface area (Å²) >= 11 is 1.81. The van der Waals surface area contributed by atoms with E-state index in [9.17, 15) is 0 Å². The molecule has 2 unspecified atom stereocenters. The molecule has 120 valence electrons. The number of pyridine rings is 1. The SMILES string of the molecule is CC#Cc1cncc(C2C=C(C3(C)CON(C)C(=N)N3)SC2)c1. The normalized spacial score (nSPS) is 27.1. The molecule has 2 aliphatic heterocycles. The lowest BCUT2D eigenvalue weighted by Crippen LogP contribution is -2.60. The Morgan fingerprint density at radius 2 is 2.35 bits per heavy atom. The summed E-state index contributed by atoms with van der Waals surface area (Å²) in [5, 5.41) is 12.6. The first kappa shape index (κ1) is 15.9. The Morgan fingerprint density at radius 1 is 1.52 bits per heavy atom. The van der Waals surface area contributed by atoms with Crippen LogP contribution in [0.3, 0.4) is 0 Å². The first-order valence-electron chi connectivity index (χ1n) is 7.48. The van der Waals surface area contributed by atoms with Crippen molar-refractivity contribution >= 4 is 17.7 Å². The highest BCUT2D eigenvalue weighted by molar-refractivity contribution is 8.03. The van der Waals surface area contributed by atoms with Crippen LogP contribution in [0, 0.1) is 17.3 Å². The summed E-state index contributed by atoms with van der Waals surface area (Å²) in [6, 6.07) is 2.11. The average molecular weight is 328 g/mol. The second-order valence-corrected chi connectivity index (χ2v) is 6.97. The number of guanidine groups is 1. The first-order chi connectivity index (χ1) is 11.0. The van der Waals surface area contributed by atoms with Crippen LogP contribution in [0.15, 0.2) is 29.4 Å². The van der Waals surface area contributed by atoms with Gasteiger partial charge in [0.05, 0.1) is 5.54 Å². The third-order valence-electron chi connectivity index (χ3n) is 4.03. The van der Waals surface area contributed by atoms with Gasteiger partial charge in [-0.05, 0) is 25.5 Å². The number of nitrogens with zero attached hydrogens (tertiary/aromatic N) is 2. The number of hydroxylamine groups is 2. The van der Waals surface area contributed by atoms with E-state index < -0.39 is 0 Å². The van der Waals surface area contributed by atoms with Gasteiger partial charge in [0, 0.05) is 41.6 Å². The van der Waals surface area contributed by atoms with Crippen molar-refractivity contribution in [2.24, 2.45) is 0 Å². The molecule has 2 aliphatic rings. The van der Waals surface area contributed by atoms with Crippen LogP contribution in [0.25, 0.3) is 0 Å². The van der Waals surface area contributed by atoms with E-state index >= 15 is 0 Å². The van der Waals surface area contributed by atoms with Crippen LogP contribution in [0.4, 0.5) is 0 Å². The topological polar surface area (TPSA) is 61.2 Å². The molecular weight excluding hydrogens is 308 g/mol. The molecule has 3 rings (SSSR count). The number of nitrogens with one attached hydrogen (secondary N) is 2. The molecule has 5 nitrogen and oxygen atoms in total. The maximum Gasteiger partial charge on any atom is 0.216 e. The number of hydrogen-bond donors (Lipinski definition) is 2. The number of hydrogen-bond acceptors (Lipinski definition) is 4. The van der Waals surface area contributed by atoms with Gasteiger partial charge in [0.15, 0.2) is 0 Å². The van der Waals surface area contributed by atoms with Crippen molar-refractivity contribution in [2.45, 2.75) is 25.3 Å². The highest BCUT2D eigenvalue weighted by Crippen LogP contribution is 2.41. The Bertz CT molecular complexity index is 721. The summed E-state index contributed by atoms with van der Waals surface area (Å²) in [5.41, 5.74) is 1.78. The molecule has 1 aromatic rings. The molecular formula is C17H20N4OS. The minimum absolute atomic E-state index is 0.283. The Kier molecular flexibility index (Phi) is 4.33. The van der Waals surface area contributed by atoms with E-state index in [0.29, 0.717) is 12.5 Å². The number of allylic oxidation sites excluding steroid dienone is 1. The lowest BCUT2D eigenvalue weighted by Gasteiger charge is -2.40. The van der Waals surface area contributed by atoms with E-state index in [4.69, 9.17) is 10.2 Å². The van der Waals surface area contributed by atoms with Crippen molar-refractivity contribution in [2.75, 3.05) is 19.4 Å². The average Bonchev–Trinajstić information content (AvgIpc) is 3.03. The third-order valence-corrected chi connectivity index (χ3v) is 5.45. The highest BCUT2D eigenvalue weighted by Gasteiger charge is 2.38. The molecule has 1 saturated heterocycles. The zero-order valence-corrected chi connectivity index (χ0v) is 14.3. The van der Waals surface area contributed by atoms with Crippen molar-refractivity contribution in [3.8, 4) is 11.8 Å². The zero-order valence-electron chi connectivity index (χ0n) is 13.5. The van der Waals surface area contributed by atoms with Crippen LogP contribution in [-0.4, -0.2) is 41.0 Å². The second-order valence-electron chi connectivity index (χ2n) is 5.91. The maximum atomic E-state index is 7.93. The Hall–Kier alpha value is -1.97. The van der Waals surface area contributed by atoms with Crippen LogP contribution >= 0.6 is 11.8 Å². The Balaban J connectivity index is 1.82. The summed E-state index contributed by atoms with van der Waals surface area (Å²) in [6.07, 6.45) is 5.97. The van der Waals surface area contributed by atoms with Gasteiger partial charge < -0.3 is 5.32 Å². The van der Waals surface area contributed by atoms with Gasteiger partial charge in [-0.2, -0.15) is 0 Å². The Labute approximate surface area is 141 Å². The largest absolute Gasteiger partial charge is 0.342 e. The van der Waals surface area contributed by atoms with E-state index in [1.54, 1.807) is 13.2 Å². The van der Waals surface area contributed by atoms with Crippen LogP contribution in [0.1, 0.15) is 30.9 Å². The molecule has 2 N–H and O–H groups in total. The molecule has 1 aromatic heterocycles. The van der Waals surface area contributed by atoms with Gasteiger partial charge >= 0.3 is 0 Å². The lowest BCUT2D eigenvalue weighted by molar-refractivity contribution is -0.118.